The maximum absolute atomic E-state index is 12.6. The molecule has 1 aromatic carbocycles. The zero-order valence-corrected chi connectivity index (χ0v) is 14.7. The molecule has 0 radical (unpaired) electrons. The highest BCUT2D eigenvalue weighted by molar-refractivity contribution is 9.10. The Morgan fingerprint density at radius 3 is 2.74 bits per heavy atom. The lowest BCUT2D eigenvalue weighted by Gasteiger charge is -2.27. The van der Waals surface area contributed by atoms with Crippen molar-refractivity contribution in [3.63, 3.8) is 0 Å². The van der Waals surface area contributed by atoms with E-state index in [2.05, 4.69) is 15.9 Å². The molecule has 0 spiro atoms. The Bertz CT molecular complexity index is 810. The Morgan fingerprint density at radius 1 is 1.39 bits per heavy atom. The number of aryl methyl sites for hydroxylation is 1. The van der Waals surface area contributed by atoms with Crippen molar-refractivity contribution in [1.82, 2.24) is 9.47 Å². The third-order valence-corrected chi connectivity index (χ3v) is 4.95. The number of primary amides is 1. The van der Waals surface area contributed by atoms with Gasteiger partial charge in [-0.25, -0.2) is 0 Å². The average Bonchev–Trinajstić information content (AvgIpc) is 2.85. The van der Waals surface area contributed by atoms with Gasteiger partial charge in [-0.15, -0.1) is 0 Å². The highest BCUT2D eigenvalue weighted by Gasteiger charge is 2.28. The fraction of sp³-hybridized carbons (Fsp3) is 0.294. The fourth-order valence-electron chi connectivity index (χ4n) is 3.11. The lowest BCUT2D eigenvalue weighted by atomic mass is 10.0. The van der Waals surface area contributed by atoms with Gasteiger partial charge in [0.25, 0.3) is 5.91 Å². The summed E-state index contributed by atoms with van der Waals surface area (Å²) in [6.45, 7) is 5.40. The molecule has 0 fully saturated rings. The molecule has 0 bridgehead atoms. The summed E-state index contributed by atoms with van der Waals surface area (Å²) in [5, 5.41) is 0. The molecule has 3 rings (SSSR count). The lowest BCUT2D eigenvalue weighted by molar-refractivity contribution is 0.0747. The molecule has 23 heavy (non-hydrogen) atoms. The number of likely N-dealkylation sites (N-methyl/N-ethyl adjacent to an activating group) is 1. The van der Waals surface area contributed by atoms with Crippen LogP contribution in [0.3, 0.4) is 0 Å². The van der Waals surface area contributed by atoms with Crippen LogP contribution in [0.4, 0.5) is 0 Å². The second kappa shape index (κ2) is 5.85. The Kier molecular flexibility index (Phi) is 4.02. The summed E-state index contributed by atoms with van der Waals surface area (Å²) in [4.78, 5) is 25.8. The van der Waals surface area contributed by atoms with E-state index in [1.54, 1.807) is 6.07 Å². The first-order chi connectivity index (χ1) is 10.9. The zero-order chi connectivity index (χ0) is 16.7. The van der Waals surface area contributed by atoms with Gasteiger partial charge in [-0.1, -0.05) is 0 Å². The first kappa shape index (κ1) is 15.8. The second-order valence-corrected chi connectivity index (χ2v) is 6.52. The third kappa shape index (κ3) is 2.57. The Balaban J connectivity index is 2.10. The van der Waals surface area contributed by atoms with Crippen molar-refractivity contribution in [2.24, 2.45) is 5.73 Å². The van der Waals surface area contributed by atoms with Gasteiger partial charge in [-0.3, -0.25) is 9.59 Å². The summed E-state index contributed by atoms with van der Waals surface area (Å²) in [5.74, 6) is -0.374. The van der Waals surface area contributed by atoms with Gasteiger partial charge < -0.3 is 15.2 Å². The fourth-order valence-corrected chi connectivity index (χ4v) is 3.67. The van der Waals surface area contributed by atoms with E-state index in [-0.39, 0.29) is 5.91 Å². The molecule has 2 N–H and O–H groups in total. The number of nitrogens with two attached hydrogens (primary N) is 1. The van der Waals surface area contributed by atoms with E-state index in [1.807, 2.05) is 41.6 Å². The number of hydrogen-bond acceptors (Lipinski definition) is 2. The topological polar surface area (TPSA) is 68.3 Å². The molecule has 2 amide bonds. The molecule has 1 aliphatic rings. The first-order valence-electron chi connectivity index (χ1n) is 7.53. The standard InChI is InChI=1S/C17H18BrN3O2/c1-3-20-7-6-14-15(17(20)23)10(2)9-21(14)11-4-5-12(16(19)22)13(18)8-11/h4-5,8-9H,3,6-7H2,1-2H3,(H2,19,22). The van der Waals surface area contributed by atoms with E-state index >= 15 is 0 Å². The number of halogens is 1. The van der Waals surface area contributed by atoms with Gasteiger partial charge in [-0.05, 0) is 53.5 Å². The number of rotatable bonds is 3. The molecule has 2 aromatic rings. The maximum atomic E-state index is 12.6. The van der Waals surface area contributed by atoms with Gasteiger partial charge in [0.1, 0.15) is 0 Å². The van der Waals surface area contributed by atoms with Crippen molar-refractivity contribution >= 4 is 27.7 Å². The largest absolute Gasteiger partial charge is 0.366 e. The van der Waals surface area contributed by atoms with Crippen LogP contribution in [0.2, 0.25) is 0 Å². The number of nitrogens with zero attached hydrogens (tertiary/aromatic N) is 2. The number of carbonyl (C=O) groups excluding carboxylic acids is 2. The van der Waals surface area contributed by atoms with Gasteiger partial charge in [-0.2, -0.15) is 0 Å². The van der Waals surface area contributed by atoms with Crippen LogP contribution in [-0.2, 0) is 6.42 Å². The van der Waals surface area contributed by atoms with Crippen molar-refractivity contribution in [2.75, 3.05) is 13.1 Å². The van der Waals surface area contributed by atoms with Gasteiger partial charge in [0, 0.05) is 41.6 Å². The third-order valence-electron chi connectivity index (χ3n) is 4.29. The molecule has 0 unspecified atom stereocenters. The summed E-state index contributed by atoms with van der Waals surface area (Å²) in [6.07, 6.45) is 2.80. The zero-order valence-electron chi connectivity index (χ0n) is 13.1. The number of hydrogen-bond donors (Lipinski definition) is 1. The van der Waals surface area contributed by atoms with Gasteiger partial charge in [0.15, 0.2) is 0 Å². The van der Waals surface area contributed by atoms with Gasteiger partial charge in [0.05, 0.1) is 11.1 Å². The van der Waals surface area contributed by atoms with E-state index in [4.69, 9.17) is 5.73 Å². The number of aromatic nitrogens is 1. The van der Waals surface area contributed by atoms with Crippen LogP contribution in [0.25, 0.3) is 5.69 Å². The molecule has 0 aliphatic carbocycles. The lowest BCUT2D eigenvalue weighted by Crippen LogP contribution is -2.37. The van der Waals surface area contributed by atoms with Crippen molar-refractivity contribution in [3.8, 4) is 5.69 Å². The number of carbonyl (C=O) groups is 2. The molecule has 5 nitrogen and oxygen atoms in total. The molecular weight excluding hydrogens is 358 g/mol. The molecule has 0 saturated carbocycles. The minimum Gasteiger partial charge on any atom is -0.366 e. The van der Waals surface area contributed by atoms with Crippen molar-refractivity contribution in [1.29, 1.82) is 0 Å². The molecule has 120 valence electrons. The summed E-state index contributed by atoms with van der Waals surface area (Å²) < 4.78 is 2.69. The van der Waals surface area contributed by atoms with Gasteiger partial charge in [0.2, 0.25) is 5.91 Å². The van der Waals surface area contributed by atoms with E-state index < -0.39 is 5.91 Å². The van der Waals surface area contributed by atoms with Crippen molar-refractivity contribution < 1.29 is 9.59 Å². The van der Waals surface area contributed by atoms with Crippen molar-refractivity contribution in [3.05, 3.63) is 51.3 Å². The Morgan fingerprint density at radius 2 is 2.13 bits per heavy atom. The minimum absolute atomic E-state index is 0.0952. The van der Waals surface area contributed by atoms with Crippen LogP contribution in [0.15, 0.2) is 28.9 Å². The number of amides is 2. The van der Waals surface area contributed by atoms with Gasteiger partial charge >= 0.3 is 0 Å². The summed E-state index contributed by atoms with van der Waals surface area (Å²) >= 11 is 3.39. The van der Waals surface area contributed by atoms with E-state index in [1.165, 1.54) is 0 Å². The summed E-state index contributed by atoms with van der Waals surface area (Å²) in [6, 6.07) is 5.41. The normalized spacial score (nSPS) is 14.0. The van der Waals surface area contributed by atoms with E-state index in [9.17, 15) is 9.59 Å². The molecule has 0 saturated heterocycles. The SMILES string of the molecule is CCN1CCc2c(c(C)cn2-c2ccc(C(N)=O)c(Br)c2)C1=O. The van der Waals surface area contributed by atoms with Crippen LogP contribution in [0.1, 0.15) is 38.9 Å². The van der Waals surface area contributed by atoms with Crippen LogP contribution >= 0.6 is 15.9 Å². The second-order valence-electron chi connectivity index (χ2n) is 5.67. The summed E-state index contributed by atoms with van der Waals surface area (Å²) in [5.41, 5.74) is 9.49. The van der Waals surface area contributed by atoms with Crippen LogP contribution in [0, 0.1) is 6.92 Å². The highest BCUT2D eigenvalue weighted by atomic mass is 79.9. The quantitative estimate of drug-likeness (QED) is 0.895. The van der Waals surface area contributed by atoms with Crippen LogP contribution in [0.5, 0.6) is 0 Å². The van der Waals surface area contributed by atoms with E-state index in [0.717, 1.165) is 42.0 Å². The monoisotopic (exact) mass is 375 g/mol. The molecular formula is C17H18BrN3O2. The minimum atomic E-state index is -0.470. The highest BCUT2D eigenvalue weighted by Crippen LogP contribution is 2.29. The number of fused-ring (bicyclic) bond motifs is 1. The van der Waals surface area contributed by atoms with Crippen LogP contribution < -0.4 is 5.73 Å². The van der Waals surface area contributed by atoms with Crippen LogP contribution in [-0.4, -0.2) is 34.4 Å². The molecule has 2 heterocycles. The van der Waals surface area contributed by atoms with E-state index in [0.29, 0.717) is 10.0 Å². The number of benzene rings is 1. The molecule has 1 aliphatic heterocycles. The smallest absolute Gasteiger partial charge is 0.255 e. The molecule has 6 heteroatoms. The maximum Gasteiger partial charge on any atom is 0.255 e. The first-order valence-corrected chi connectivity index (χ1v) is 8.33. The Hall–Kier alpha value is -2.08. The predicted octanol–water partition coefficient (Wildman–Crippen LogP) is 2.67. The predicted molar refractivity (Wildman–Crippen MR) is 92.0 cm³/mol. The Labute approximate surface area is 143 Å². The average molecular weight is 376 g/mol. The van der Waals surface area contributed by atoms with Crippen molar-refractivity contribution in [2.45, 2.75) is 20.3 Å². The summed E-state index contributed by atoms with van der Waals surface area (Å²) in [7, 11) is 0. The molecule has 1 aromatic heterocycles. The molecule has 0 atom stereocenters.